The fourth-order valence-corrected chi connectivity index (χ4v) is 2.87. The molecule has 1 fully saturated rings. The van der Waals surface area contributed by atoms with Crippen LogP contribution in [-0.2, 0) is 5.54 Å². The number of dihydropyridines is 1. The number of nitrogens with zero attached hydrogens (tertiary/aromatic N) is 2. The molecule has 2 aliphatic rings. The van der Waals surface area contributed by atoms with E-state index in [1.54, 1.807) is 0 Å². The zero-order valence-electron chi connectivity index (χ0n) is 10.5. The Hall–Kier alpha value is -1.45. The van der Waals surface area contributed by atoms with Crippen molar-refractivity contribution in [1.82, 2.24) is 10.2 Å². The van der Waals surface area contributed by atoms with E-state index in [1.807, 2.05) is 6.21 Å². The molecule has 1 saturated heterocycles. The summed E-state index contributed by atoms with van der Waals surface area (Å²) in [6, 6.07) is 10.7. The van der Waals surface area contributed by atoms with Crippen LogP contribution in [0.1, 0.15) is 5.56 Å². The van der Waals surface area contributed by atoms with Gasteiger partial charge in [0.15, 0.2) is 0 Å². The third-order valence-electron chi connectivity index (χ3n) is 3.85. The van der Waals surface area contributed by atoms with E-state index in [0.29, 0.717) is 0 Å². The minimum atomic E-state index is -0.0435. The molecule has 0 radical (unpaired) electrons. The normalized spacial score (nSPS) is 28.4. The van der Waals surface area contributed by atoms with E-state index < -0.39 is 0 Å². The molecule has 1 N–H and O–H groups in total. The maximum absolute atomic E-state index is 4.51. The van der Waals surface area contributed by atoms with Gasteiger partial charge in [-0.1, -0.05) is 36.4 Å². The molecule has 3 nitrogen and oxygen atoms in total. The van der Waals surface area contributed by atoms with Crippen LogP contribution in [0, 0.1) is 0 Å². The topological polar surface area (TPSA) is 27.6 Å². The van der Waals surface area contributed by atoms with Gasteiger partial charge in [-0.25, -0.2) is 0 Å². The van der Waals surface area contributed by atoms with Crippen LogP contribution in [0.2, 0.25) is 0 Å². The number of aliphatic imine (C=N–C) groups is 1. The third kappa shape index (κ3) is 2.00. The predicted octanol–water partition coefficient (Wildman–Crippen LogP) is 1.43. The van der Waals surface area contributed by atoms with E-state index in [2.05, 4.69) is 57.7 Å². The molecule has 0 spiro atoms. The van der Waals surface area contributed by atoms with E-state index in [1.165, 1.54) is 5.56 Å². The van der Waals surface area contributed by atoms with Gasteiger partial charge < -0.3 is 5.32 Å². The molecule has 1 atom stereocenters. The molecule has 2 heterocycles. The van der Waals surface area contributed by atoms with Gasteiger partial charge in [0.05, 0.1) is 12.1 Å². The number of nitrogens with one attached hydrogen (secondary N) is 1. The standard InChI is InChI=1S/C15H19N3/c1-2-5-14(6-3-1)15(7-4-8-17-13-15)18-11-9-16-10-12-18/h1-8,16H,9-13H2. The van der Waals surface area contributed by atoms with E-state index >= 15 is 0 Å². The lowest BCUT2D eigenvalue weighted by Gasteiger charge is -2.44. The molecule has 3 heteroatoms. The molecule has 0 aliphatic carbocycles. The van der Waals surface area contributed by atoms with Crippen LogP contribution in [0.15, 0.2) is 47.5 Å². The quantitative estimate of drug-likeness (QED) is 0.848. The summed E-state index contributed by atoms with van der Waals surface area (Å²) in [6.07, 6.45) is 6.29. The second-order valence-corrected chi connectivity index (χ2v) is 4.88. The molecule has 0 bridgehead atoms. The summed E-state index contributed by atoms with van der Waals surface area (Å²) in [5.74, 6) is 0. The Balaban J connectivity index is 1.98. The molecule has 1 unspecified atom stereocenters. The first kappa shape index (κ1) is 11.6. The lowest BCUT2D eigenvalue weighted by atomic mass is 9.86. The minimum Gasteiger partial charge on any atom is -0.314 e. The summed E-state index contributed by atoms with van der Waals surface area (Å²) >= 11 is 0. The van der Waals surface area contributed by atoms with Crippen LogP contribution in [0.5, 0.6) is 0 Å². The molecular formula is C15H19N3. The fourth-order valence-electron chi connectivity index (χ4n) is 2.87. The first-order chi connectivity index (χ1) is 8.92. The highest BCUT2D eigenvalue weighted by molar-refractivity contribution is 5.73. The molecule has 1 aromatic carbocycles. The van der Waals surface area contributed by atoms with Crippen molar-refractivity contribution >= 4 is 6.21 Å². The van der Waals surface area contributed by atoms with Crippen molar-refractivity contribution in [3.63, 3.8) is 0 Å². The van der Waals surface area contributed by atoms with Crippen LogP contribution in [0.4, 0.5) is 0 Å². The van der Waals surface area contributed by atoms with Crippen molar-refractivity contribution in [3.05, 3.63) is 48.0 Å². The van der Waals surface area contributed by atoms with Gasteiger partial charge in [-0.2, -0.15) is 0 Å². The smallest absolute Gasteiger partial charge is 0.0848 e. The van der Waals surface area contributed by atoms with Crippen molar-refractivity contribution in [2.45, 2.75) is 5.54 Å². The summed E-state index contributed by atoms with van der Waals surface area (Å²) in [6.45, 7) is 5.11. The van der Waals surface area contributed by atoms with Gasteiger partial charge in [0.2, 0.25) is 0 Å². The van der Waals surface area contributed by atoms with Crippen LogP contribution in [0.3, 0.4) is 0 Å². The zero-order chi connectivity index (χ0) is 12.3. The van der Waals surface area contributed by atoms with Crippen LogP contribution < -0.4 is 5.32 Å². The van der Waals surface area contributed by atoms with Crippen LogP contribution in [0.25, 0.3) is 0 Å². The van der Waals surface area contributed by atoms with Crippen molar-refractivity contribution in [3.8, 4) is 0 Å². The summed E-state index contributed by atoms with van der Waals surface area (Å²) in [4.78, 5) is 7.06. The Morgan fingerprint density at radius 3 is 2.56 bits per heavy atom. The Morgan fingerprint density at radius 1 is 1.11 bits per heavy atom. The SMILES string of the molecule is C1=CC(c2ccccc2)(N2CCNCC2)CN=C1. The van der Waals surface area contributed by atoms with Gasteiger partial charge in [-0.05, 0) is 11.6 Å². The molecule has 2 aliphatic heterocycles. The van der Waals surface area contributed by atoms with Crippen molar-refractivity contribution in [2.24, 2.45) is 4.99 Å². The van der Waals surface area contributed by atoms with E-state index in [0.717, 1.165) is 32.7 Å². The van der Waals surface area contributed by atoms with Crippen LogP contribution >= 0.6 is 0 Å². The Kier molecular flexibility index (Phi) is 3.26. The number of hydrogen-bond donors (Lipinski definition) is 1. The molecule has 0 saturated carbocycles. The monoisotopic (exact) mass is 241 g/mol. The molecule has 1 aromatic rings. The highest BCUT2D eigenvalue weighted by Gasteiger charge is 2.37. The van der Waals surface area contributed by atoms with Gasteiger partial charge in [0.1, 0.15) is 0 Å². The average molecular weight is 241 g/mol. The summed E-state index contributed by atoms with van der Waals surface area (Å²) < 4.78 is 0. The number of rotatable bonds is 2. The molecular weight excluding hydrogens is 222 g/mol. The van der Waals surface area contributed by atoms with Crippen molar-refractivity contribution in [1.29, 1.82) is 0 Å². The highest BCUT2D eigenvalue weighted by atomic mass is 15.3. The summed E-state index contributed by atoms with van der Waals surface area (Å²) in [5, 5.41) is 3.42. The van der Waals surface area contributed by atoms with Crippen LogP contribution in [-0.4, -0.2) is 43.8 Å². The molecule has 0 aromatic heterocycles. The highest BCUT2D eigenvalue weighted by Crippen LogP contribution is 2.32. The predicted molar refractivity (Wildman–Crippen MR) is 75.1 cm³/mol. The van der Waals surface area contributed by atoms with Gasteiger partial charge in [0.25, 0.3) is 0 Å². The lowest BCUT2D eigenvalue weighted by molar-refractivity contribution is 0.117. The fraction of sp³-hybridized carbons (Fsp3) is 0.400. The van der Waals surface area contributed by atoms with Crippen molar-refractivity contribution < 1.29 is 0 Å². The van der Waals surface area contributed by atoms with Crippen molar-refractivity contribution in [2.75, 3.05) is 32.7 Å². The number of hydrogen-bond acceptors (Lipinski definition) is 3. The second kappa shape index (κ2) is 5.04. The Labute approximate surface area is 108 Å². The first-order valence-electron chi connectivity index (χ1n) is 6.61. The second-order valence-electron chi connectivity index (χ2n) is 4.88. The number of benzene rings is 1. The summed E-state index contributed by atoms with van der Waals surface area (Å²) in [7, 11) is 0. The van der Waals surface area contributed by atoms with Gasteiger partial charge >= 0.3 is 0 Å². The Bertz CT molecular complexity index is 446. The lowest BCUT2D eigenvalue weighted by Crippen LogP contribution is -2.55. The molecule has 18 heavy (non-hydrogen) atoms. The largest absolute Gasteiger partial charge is 0.314 e. The molecule has 3 rings (SSSR count). The zero-order valence-corrected chi connectivity index (χ0v) is 10.5. The van der Waals surface area contributed by atoms with Gasteiger partial charge in [-0.15, -0.1) is 0 Å². The number of allylic oxidation sites excluding steroid dienone is 1. The maximum Gasteiger partial charge on any atom is 0.0848 e. The average Bonchev–Trinajstić information content (AvgIpc) is 2.50. The minimum absolute atomic E-state index is 0.0435. The number of piperazine rings is 1. The van der Waals surface area contributed by atoms with E-state index in [9.17, 15) is 0 Å². The van der Waals surface area contributed by atoms with Gasteiger partial charge in [-0.3, -0.25) is 9.89 Å². The first-order valence-corrected chi connectivity index (χ1v) is 6.61. The van der Waals surface area contributed by atoms with E-state index in [4.69, 9.17) is 0 Å². The molecule has 94 valence electrons. The third-order valence-corrected chi connectivity index (χ3v) is 3.85. The summed E-state index contributed by atoms with van der Waals surface area (Å²) in [5.41, 5.74) is 1.30. The maximum atomic E-state index is 4.51. The molecule has 0 amide bonds. The Morgan fingerprint density at radius 2 is 1.89 bits per heavy atom. The van der Waals surface area contributed by atoms with E-state index in [-0.39, 0.29) is 5.54 Å². The van der Waals surface area contributed by atoms with Gasteiger partial charge in [0, 0.05) is 32.4 Å².